The summed E-state index contributed by atoms with van der Waals surface area (Å²) in [6.45, 7) is 2.18. The van der Waals surface area contributed by atoms with Crippen LogP contribution in [0.15, 0.2) is 12.2 Å². The Labute approximate surface area is 511 Å². The Kier molecular flexibility index (Phi) is 40.5. The molecule has 0 spiro atoms. The number of aliphatic hydroxyl groups is 11. The molecule has 504 valence electrons. The summed E-state index contributed by atoms with van der Waals surface area (Å²) in [5, 5.41) is 136. The van der Waals surface area contributed by atoms with Crippen molar-refractivity contribution in [1.29, 1.82) is 0 Å². The highest BCUT2D eigenvalue weighted by Gasteiger charge is 2.60. The quantitative estimate of drug-likeness (QED) is 0.0289. The number of ether oxygens (including phenoxy) is 6. The number of allylic oxidation sites excluding steroid dienone is 2. The fourth-order valence-electron chi connectivity index (χ4n) is 11.6. The van der Waals surface area contributed by atoms with E-state index >= 15 is 0 Å². The molecule has 0 aromatic carbocycles. The number of rotatable bonds is 49. The fourth-order valence-corrected chi connectivity index (χ4v) is 11.6. The van der Waals surface area contributed by atoms with Gasteiger partial charge in [0.2, 0.25) is 11.8 Å². The Hall–Kier alpha value is -2.53. The molecule has 3 aliphatic heterocycles. The zero-order chi connectivity index (χ0) is 63.3. The van der Waals surface area contributed by atoms with E-state index < -0.39 is 148 Å². The zero-order valence-electron chi connectivity index (χ0n) is 52.2. The van der Waals surface area contributed by atoms with Gasteiger partial charge in [0.15, 0.2) is 12.6 Å². The molecule has 23 nitrogen and oxygen atoms in total. The average Bonchev–Trinajstić information content (AvgIpc) is 0.932. The van der Waals surface area contributed by atoms with Gasteiger partial charge in [0.05, 0.1) is 50.7 Å². The van der Waals surface area contributed by atoms with Crippen LogP contribution < -0.4 is 10.6 Å². The molecule has 3 fully saturated rings. The fraction of sp³-hybridized carbons (Fsp3) is 0.921. The predicted molar refractivity (Wildman–Crippen MR) is 320 cm³/mol. The first kappa shape index (κ1) is 77.7. The molecule has 23 heteroatoms. The molecule has 3 aliphatic rings. The topological polar surface area (TPSA) is 373 Å². The summed E-state index contributed by atoms with van der Waals surface area (Å²) in [6, 6.07) is -2.53. The van der Waals surface area contributed by atoms with Gasteiger partial charge < -0.3 is 100 Å². The SMILES string of the molecule is CCCCCCCCCCC/C=C\CCCCCCCCCC(=O)NC(COC1OC(CO)C(OC2OC(CO)C(O)C(OC3(C(=O)O)CC(O)C(NC(C)=O)C(C(O)C(O)CO)O3)C2O)C(O)C1O)C(O)CCCCCCCCCCCCCC. The average molecular weight is 1240 g/mol. The van der Waals surface area contributed by atoms with Crippen LogP contribution in [-0.2, 0) is 42.8 Å². The largest absolute Gasteiger partial charge is 0.477 e. The number of aliphatic hydroxyl groups excluding tert-OH is 11. The summed E-state index contributed by atoms with van der Waals surface area (Å²) in [7, 11) is 0. The molecule has 0 bridgehead atoms. The van der Waals surface area contributed by atoms with Crippen LogP contribution in [0.2, 0.25) is 0 Å². The van der Waals surface area contributed by atoms with Gasteiger partial charge in [-0.15, -0.1) is 0 Å². The summed E-state index contributed by atoms with van der Waals surface area (Å²) in [5.74, 6) is -6.10. The van der Waals surface area contributed by atoms with E-state index in [-0.39, 0.29) is 18.9 Å². The van der Waals surface area contributed by atoms with E-state index in [0.29, 0.717) is 19.3 Å². The summed E-state index contributed by atoms with van der Waals surface area (Å²) < 4.78 is 34.8. The van der Waals surface area contributed by atoms with E-state index in [2.05, 4.69) is 36.6 Å². The van der Waals surface area contributed by atoms with Crippen LogP contribution in [0, 0.1) is 0 Å². The number of carbonyl (C=O) groups excluding carboxylic acids is 2. The lowest BCUT2D eigenvalue weighted by molar-refractivity contribution is -0.386. The molecule has 18 atom stereocenters. The molecular formula is C63H116N2O21. The molecule has 3 heterocycles. The molecule has 3 rings (SSSR count). The van der Waals surface area contributed by atoms with E-state index in [1.54, 1.807) is 0 Å². The predicted octanol–water partition coefficient (Wildman–Crippen LogP) is 4.73. The minimum atomic E-state index is -3.08. The molecule has 86 heavy (non-hydrogen) atoms. The third-order valence-electron chi connectivity index (χ3n) is 17.0. The number of unbranched alkanes of at least 4 members (excludes halogenated alkanes) is 27. The normalized spacial score (nSPS) is 29.4. The number of nitrogens with one attached hydrogen (secondary N) is 2. The number of aliphatic carboxylic acids is 1. The maximum atomic E-state index is 13.4. The number of carboxylic acids is 1. The molecule has 2 amide bonds. The van der Waals surface area contributed by atoms with Gasteiger partial charge in [0, 0.05) is 19.8 Å². The van der Waals surface area contributed by atoms with Crippen molar-refractivity contribution in [2.45, 2.75) is 342 Å². The number of hydrogen-bond acceptors (Lipinski definition) is 20. The van der Waals surface area contributed by atoms with Crippen LogP contribution in [0.4, 0.5) is 0 Å². The smallest absolute Gasteiger partial charge is 0.364 e. The highest BCUT2D eigenvalue weighted by atomic mass is 16.8. The van der Waals surface area contributed by atoms with Crippen LogP contribution in [0.3, 0.4) is 0 Å². The van der Waals surface area contributed by atoms with Gasteiger partial charge in [-0.1, -0.05) is 187 Å². The summed E-state index contributed by atoms with van der Waals surface area (Å²) in [6.07, 6.45) is 10.9. The number of carbonyl (C=O) groups is 3. The van der Waals surface area contributed by atoms with E-state index in [9.17, 15) is 75.7 Å². The number of carboxylic acid groups (broad SMARTS) is 1. The second-order valence-electron chi connectivity index (χ2n) is 24.3. The molecule has 0 aromatic rings. The Balaban J connectivity index is 1.60. The van der Waals surface area contributed by atoms with Crippen LogP contribution in [-0.4, -0.2) is 215 Å². The Bertz CT molecular complexity index is 1810. The zero-order valence-corrected chi connectivity index (χ0v) is 52.2. The van der Waals surface area contributed by atoms with Crippen LogP contribution >= 0.6 is 0 Å². The second kappa shape index (κ2) is 44.9. The minimum absolute atomic E-state index is 0.220. The highest BCUT2D eigenvalue weighted by Crippen LogP contribution is 2.39. The van der Waals surface area contributed by atoms with E-state index in [4.69, 9.17) is 28.4 Å². The van der Waals surface area contributed by atoms with Crippen molar-refractivity contribution in [3.05, 3.63) is 12.2 Å². The van der Waals surface area contributed by atoms with Crippen molar-refractivity contribution in [3.63, 3.8) is 0 Å². The third kappa shape index (κ3) is 27.9. The molecular weight excluding hydrogens is 1120 g/mol. The molecule has 0 aromatic heterocycles. The Morgan fingerprint density at radius 1 is 0.593 bits per heavy atom. The van der Waals surface area contributed by atoms with Crippen LogP contribution in [0.1, 0.15) is 233 Å². The van der Waals surface area contributed by atoms with Crippen molar-refractivity contribution in [2.75, 3.05) is 26.4 Å². The molecule has 18 unspecified atom stereocenters. The third-order valence-corrected chi connectivity index (χ3v) is 17.0. The van der Waals surface area contributed by atoms with Gasteiger partial charge in [0.1, 0.15) is 67.1 Å². The molecule has 3 saturated heterocycles. The van der Waals surface area contributed by atoms with Crippen LogP contribution in [0.5, 0.6) is 0 Å². The van der Waals surface area contributed by atoms with Gasteiger partial charge in [-0.2, -0.15) is 0 Å². The molecule has 0 aliphatic carbocycles. The Morgan fingerprint density at radius 3 is 1.57 bits per heavy atom. The summed E-state index contributed by atoms with van der Waals surface area (Å²) >= 11 is 0. The Morgan fingerprint density at radius 2 is 1.08 bits per heavy atom. The van der Waals surface area contributed by atoms with Gasteiger partial charge in [-0.25, -0.2) is 4.79 Å². The van der Waals surface area contributed by atoms with E-state index in [1.807, 2.05) is 0 Å². The van der Waals surface area contributed by atoms with Crippen LogP contribution in [0.25, 0.3) is 0 Å². The lowest BCUT2D eigenvalue weighted by Gasteiger charge is -2.50. The van der Waals surface area contributed by atoms with E-state index in [0.717, 1.165) is 84.0 Å². The van der Waals surface area contributed by atoms with Gasteiger partial charge in [-0.05, 0) is 38.5 Å². The van der Waals surface area contributed by atoms with Crippen molar-refractivity contribution in [2.24, 2.45) is 0 Å². The first-order valence-corrected chi connectivity index (χ1v) is 33.0. The van der Waals surface area contributed by atoms with Gasteiger partial charge in [0.25, 0.3) is 5.79 Å². The number of hydrogen-bond donors (Lipinski definition) is 14. The summed E-state index contributed by atoms with van der Waals surface area (Å²) in [5.41, 5.74) is 0. The lowest BCUT2D eigenvalue weighted by atomic mass is 9.88. The van der Waals surface area contributed by atoms with Crippen molar-refractivity contribution in [1.82, 2.24) is 10.6 Å². The maximum Gasteiger partial charge on any atom is 0.364 e. The summed E-state index contributed by atoms with van der Waals surface area (Å²) in [4.78, 5) is 38.5. The van der Waals surface area contributed by atoms with Crippen molar-refractivity contribution in [3.8, 4) is 0 Å². The van der Waals surface area contributed by atoms with Crippen molar-refractivity contribution >= 4 is 17.8 Å². The monoisotopic (exact) mass is 1240 g/mol. The number of amides is 2. The van der Waals surface area contributed by atoms with E-state index in [1.165, 1.54) is 103 Å². The second-order valence-corrected chi connectivity index (χ2v) is 24.3. The molecule has 14 N–H and O–H groups in total. The maximum absolute atomic E-state index is 13.4. The molecule has 0 radical (unpaired) electrons. The highest BCUT2D eigenvalue weighted by molar-refractivity contribution is 5.77. The standard InChI is InChI=1S/C63H116N2O21/c1-4-6-8-10-12-14-16-18-19-20-21-22-23-24-25-27-29-31-33-35-37-50(73)65-44(45(70)36-34-32-30-28-26-17-15-13-11-9-7-5-2)42-81-60-55(77)54(76)57(49(41-68)83-60)84-61-56(78)59(53(75)48(40-67)82-61)86-63(62(79)80)38-46(71)51(64-43(3)69)58(85-63)52(74)47(72)39-66/h21-22,44-49,51-61,66-68,70-72,74-78H,4-20,23-42H2,1-3H3,(H,64,69)(H,65,73)(H,79,80)/b22-21-. The first-order chi connectivity index (χ1) is 41.4. The lowest BCUT2D eigenvalue weighted by Crippen LogP contribution is -2.70. The minimum Gasteiger partial charge on any atom is -0.477 e. The molecule has 0 saturated carbocycles. The first-order valence-electron chi connectivity index (χ1n) is 33.0. The van der Waals surface area contributed by atoms with Gasteiger partial charge >= 0.3 is 5.97 Å². The van der Waals surface area contributed by atoms with Crippen molar-refractivity contribution < 1.29 is 104 Å². The van der Waals surface area contributed by atoms with Gasteiger partial charge in [-0.3, -0.25) is 9.59 Å².